The van der Waals surface area contributed by atoms with Crippen molar-refractivity contribution in [2.75, 3.05) is 0 Å². The van der Waals surface area contributed by atoms with E-state index in [-0.39, 0.29) is 5.82 Å². The average molecular weight is 240 g/mol. The predicted octanol–water partition coefficient (Wildman–Crippen LogP) is 4.66. The van der Waals surface area contributed by atoms with Crippen molar-refractivity contribution in [1.29, 1.82) is 0 Å². The Labute approximate surface area is 105 Å². The summed E-state index contributed by atoms with van der Waals surface area (Å²) >= 11 is 0. The highest BCUT2D eigenvalue weighted by Gasteiger charge is 2.08. The molecule has 0 spiro atoms. The molecule has 0 aromatic heterocycles. The fraction of sp³-hybridized carbons (Fsp3) is 0.467. The summed E-state index contributed by atoms with van der Waals surface area (Å²) in [5.41, 5.74) is 1.56. The summed E-state index contributed by atoms with van der Waals surface area (Å²) in [5, 5.41) is 9.48. The summed E-state index contributed by atoms with van der Waals surface area (Å²) in [6.45, 7) is 13.4. The second kappa shape index (κ2) is 11.3. The largest absolute Gasteiger partial charge is 0.384 e. The molecule has 2 heteroatoms. The Hall–Kier alpha value is -1.15. The zero-order chi connectivity index (χ0) is 13.8. The summed E-state index contributed by atoms with van der Waals surface area (Å²) in [4.78, 5) is 0. The molecular formula is C15H25FO. The predicted molar refractivity (Wildman–Crippen MR) is 73.6 cm³/mol. The molecule has 1 N–H and O–H groups in total. The smallest absolute Gasteiger partial charge is 0.123 e. The van der Waals surface area contributed by atoms with Crippen LogP contribution in [-0.4, -0.2) is 5.11 Å². The van der Waals surface area contributed by atoms with E-state index in [2.05, 4.69) is 6.58 Å². The lowest BCUT2D eigenvalue weighted by molar-refractivity contribution is 0.227. The highest BCUT2D eigenvalue weighted by Crippen LogP contribution is 2.20. The first-order chi connectivity index (χ1) is 8.19. The number of hydrogen-bond acceptors (Lipinski definition) is 1. The highest BCUT2D eigenvalue weighted by molar-refractivity contribution is 5.31. The number of rotatable bonds is 3. The van der Waals surface area contributed by atoms with Gasteiger partial charge in [0.1, 0.15) is 5.82 Å². The van der Waals surface area contributed by atoms with Crippen LogP contribution in [0.25, 0.3) is 0 Å². The molecule has 0 aliphatic heterocycles. The van der Waals surface area contributed by atoms with E-state index in [1.54, 1.807) is 6.07 Å². The van der Waals surface area contributed by atoms with Crippen LogP contribution in [0.1, 0.15) is 51.8 Å². The molecule has 0 radical (unpaired) electrons. The number of benzene rings is 1. The molecule has 0 heterocycles. The van der Waals surface area contributed by atoms with E-state index in [1.807, 2.05) is 34.6 Å². The molecule has 0 aliphatic carbocycles. The Morgan fingerprint density at radius 2 is 1.82 bits per heavy atom. The molecule has 0 fully saturated rings. The number of hydrogen-bond donors (Lipinski definition) is 1. The average Bonchev–Trinajstić information content (AvgIpc) is 2.42. The highest BCUT2D eigenvalue weighted by atomic mass is 19.1. The second-order valence-corrected chi connectivity index (χ2v) is 2.88. The number of aliphatic hydroxyl groups excluding tert-OH is 1. The fourth-order valence-corrected chi connectivity index (χ4v) is 1.29. The molecule has 0 amide bonds. The van der Waals surface area contributed by atoms with Gasteiger partial charge in [-0.25, -0.2) is 4.39 Å². The first kappa shape index (κ1) is 18.2. The van der Waals surface area contributed by atoms with Crippen LogP contribution in [0.3, 0.4) is 0 Å². The molecule has 0 aliphatic rings. The van der Waals surface area contributed by atoms with Gasteiger partial charge in [-0.2, -0.15) is 0 Å². The maximum absolute atomic E-state index is 12.8. The minimum absolute atomic E-state index is 0.326. The third-order valence-corrected chi connectivity index (χ3v) is 2.03. The maximum atomic E-state index is 12.8. The van der Waals surface area contributed by atoms with Gasteiger partial charge in [0.15, 0.2) is 0 Å². The number of aryl methyl sites for hydroxylation is 1. The van der Waals surface area contributed by atoms with Gasteiger partial charge in [-0.1, -0.05) is 46.8 Å². The Morgan fingerprint density at radius 3 is 2.24 bits per heavy atom. The molecule has 0 bridgehead atoms. The monoisotopic (exact) mass is 240 g/mol. The normalized spacial score (nSPS) is 10.3. The Balaban J connectivity index is 0. The van der Waals surface area contributed by atoms with E-state index < -0.39 is 6.10 Å². The topological polar surface area (TPSA) is 20.2 Å². The van der Waals surface area contributed by atoms with Gasteiger partial charge in [0.25, 0.3) is 0 Å². The lowest BCUT2D eigenvalue weighted by atomic mass is 10.0. The van der Waals surface area contributed by atoms with Crippen molar-refractivity contribution in [3.8, 4) is 0 Å². The van der Waals surface area contributed by atoms with E-state index in [0.29, 0.717) is 5.56 Å². The maximum Gasteiger partial charge on any atom is 0.123 e. The molecule has 98 valence electrons. The van der Waals surface area contributed by atoms with Gasteiger partial charge in [0.2, 0.25) is 0 Å². The van der Waals surface area contributed by atoms with Gasteiger partial charge in [0, 0.05) is 0 Å². The molecular weight excluding hydrogens is 215 g/mol. The van der Waals surface area contributed by atoms with Gasteiger partial charge < -0.3 is 5.11 Å². The molecule has 0 saturated heterocycles. The molecule has 1 atom stereocenters. The van der Waals surface area contributed by atoms with Crippen molar-refractivity contribution < 1.29 is 9.50 Å². The minimum atomic E-state index is -0.773. The second-order valence-electron chi connectivity index (χ2n) is 2.88. The zero-order valence-electron chi connectivity index (χ0n) is 11.6. The molecule has 1 nitrogen and oxygen atoms in total. The van der Waals surface area contributed by atoms with Crippen LogP contribution in [0.4, 0.5) is 4.39 Å². The van der Waals surface area contributed by atoms with Crippen LogP contribution in [0.15, 0.2) is 30.9 Å². The summed E-state index contributed by atoms with van der Waals surface area (Å²) in [5.74, 6) is -0.326. The van der Waals surface area contributed by atoms with Gasteiger partial charge in [-0.05, 0) is 29.7 Å². The van der Waals surface area contributed by atoms with Crippen LogP contribution < -0.4 is 0 Å². The van der Waals surface area contributed by atoms with Gasteiger partial charge in [0.05, 0.1) is 6.10 Å². The quantitative estimate of drug-likeness (QED) is 0.762. The Bertz CT molecular complexity index is 308. The van der Waals surface area contributed by atoms with Crippen molar-refractivity contribution in [1.82, 2.24) is 0 Å². The van der Waals surface area contributed by atoms with Gasteiger partial charge >= 0.3 is 0 Å². The first-order valence-electron chi connectivity index (χ1n) is 6.28. The van der Waals surface area contributed by atoms with E-state index in [0.717, 1.165) is 12.0 Å². The van der Waals surface area contributed by atoms with Crippen LogP contribution in [0, 0.1) is 5.82 Å². The first-order valence-corrected chi connectivity index (χ1v) is 6.28. The Kier molecular flexibility index (Phi) is 12.2. The number of halogens is 1. The molecule has 1 aromatic carbocycles. The summed E-state index contributed by atoms with van der Waals surface area (Å²) < 4.78 is 12.8. The summed E-state index contributed by atoms with van der Waals surface area (Å²) in [6, 6.07) is 4.45. The van der Waals surface area contributed by atoms with Crippen molar-refractivity contribution in [3.63, 3.8) is 0 Å². The lowest BCUT2D eigenvalue weighted by Gasteiger charge is -2.10. The standard InChI is InChI=1S/C11H13FO.2C2H6/c1-3-8-5-6-9(12)7-10(8)11(13)4-2;2*1-2/h4-7,11,13H,2-3H2,1H3;2*1-2H3. The molecule has 17 heavy (non-hydrogen) atoms. The van der Waals surface area contributed by atoms with Crippen LogP contribution in [0.2, 0.25) is 0 Å². The fourth-order valence-electron chi connectivity index (χ4n) is 1.29. The van der Waals surface area contributed by atoms with Crippen LogP contribution in [-0.2, 0) is 6.42 Å². The summed E-state index contributed by atoms with van der Waals surface area (Å²) in [6.07, 6.45) is 1.40. The lowest BCUT2D eigenvalue weighted by Crippen LogP contribution is -1.99. The molecule has 1 unspecified atom stereocenters. The van der Waals surface area contributed by atoms with E-state index in [1.165, 1.54) is 18.2 Å². The third-order valence-electron chi connectivity index (χ3n) is 2.03. The number of aliphatic hydroxyl groups is 1. The van der Waals surface area contributed by atoms with Crippen LogP contribution >= 0.6 is 0 Å². The van der Waals surface area contributed by atoms with Crippen molar-refractivity contribution in [2.45, 2.75) is 47.1 Å². The molecule has 0 saturated carbocycles. The van der Waals surface area contributed by atoms with E-state index in [4.69, 9.17) is 0 Å². The van der Waals surface area contributed by atoms with Crippen molar-refractivity contribution in [3.05, 3.63) is 47.8 Å². The van der Waals surface area contributed by atoms with Crippen molar-refractivity contribution in [2.24, 2.45) is 0 Å². The Morgan fingerprint density at radius 1 is 1.29 bits per heavy atom. The molecule has 1 aromatic rings. The van der Waals surface area contributed by atoms with Crippen LogP contribution in [0.5, 0.6) is 0 Å². The van der Waals surface area contributed by atoms with Gasteiger partial charge in [-0.15, -0.1) is 6.58 Å². The van der Waals surface area contributed by atoms with Crippen molar-refractivity contribution >= 4 is 0 Å². The van der Waals surface area contributed by atoms with E-state index >= 15 is 0 Å². The zero-order valence-corrected chi connectivity index (χ0v) is 11.6. The van der Waals surface area contributed by atoms with E-state index in [9.17, 15) is 9.50 Å². The SMILES string of the molecule is C=CC(O)c1cc(F)ccc1CC.CC.CC. The molecule has 1 rings (SSSR count). The minimum Gasteiger partial charge on any atom is -0.384 e. The van der Waals surface area contributed by atoms with Gasteiger partial charge in [-0.3, -0.25) is 0 Å². The summed E-state index contributed by atoms with van der Waals surface area (Å²) in [7, 11) is 0. The third kappa shape index (κ3) is 6.22.